The van der Waals surface area contributed by atoms with Gasteiger partial charge in [-0.1, -0.05) is 6.07 Å². The number of aromatic nitrogens is 2. The Bertz CT molecular complexity index is 583. The molecule has 2 aromatic heterocycles. The zero-order chi connectivity index (χ0) is 11.5. The van der Waals surface area contributed by atoms with Gasteiger partial charge in [0, 0.05) is 17.6 Å². The van der Waals surface area contributed by atoms with Crippen molar-refractivity contribution in [3.8, 4) is 0 Å². The van der Waals surface area contributed by atoms with Crippen LogP contribution in [0.25, 0.3) is 0 Å². The van der Waals surface area contributed by atoms with E-state index in [0.29, 0.717) is 6.54 Å². The maximum atomic E-state index is 11.4. The lowest BCUT2D eigenvalue weighted by atomic mass is 10.3. The third kappa shape index (κ3) is 2.22. The first-order chi connectivity index (χ1) is 7.66. The number of thiophene rings is 1. The van der Waals surface area contributed by atoms with E-state index in [0.717, 1.165) is 6.42 Å². The Morgan fingerprint density at radius 2 is 2.25 bits per heavy atom. The molecule has 0 fully saturated rings. The SMILES string of the molecule is Nc1cn(CCc2cccs2)c(=O)[nH]c1=O. The summed E-state index contributed by atoms with van der Waals surface area (Å²) in [6, 6.07) is 3.97. The van der Waals surface area contributed by atoms with E-state index in [1.807, 2.05) is 17.5 Å². The van der Waals surface area contributed by atoms with Gasteiger partial charge in [0.2, 0.25) is 0 Å². The van der Waals surface area contributed by atoms with E-state index >= 15 is 0 Å². The van der Waals surface area contributed by atoms with Gasteiger partial charge in [-0.15, -0.1) is 11.3 Å². The van der Waals surface area contributed by atoms with Crippen LogP contribution in [0, 0.1) is 0 Å². The molecule has 3 N–H and O–H groups in total. The molecule has 0 bridgehead atoms. The molecule has 0 aromatic carbocycles. The van der Waals surface area contributed by atoms with E-state index in [2.05, 4.69) is 4.98 Å². The number of nitrogens with zero attached hydrogens (tertiary/aromatic N) is 1. The van der Waals surface area contributed by atoms with Crippen molar-refractivity contribution < 1.29 is 0 Å². The Balaban J connectivity index is 2.19. The lowest BCUT2D eigenvalue weighted by Crippen LogP contribution is -2.31. The summed E-state index contributed by atoms with van der Waals surface area (Å²) in [6.45, 7) is 0.514. The van der Waals surface area contributed by atoms with Crippen molar-refractivity contribution >= 4 is 17.0 Å². The maximum absolute atomic E-state index is 11.4. The average molecular weight is 237 g/mol. The van der Waals surface area contributed by atoms with Gasteiger partial charge in [-0.2, -0.15) is 0 Å². The molecule has 0 saturated heterocycles. The van der Waals surface area contributed by atoms with Crippen LogP contribution in [0.4, 0.5) is 5.69 Å². The number of nitrogens with two attached hydrogens (primary N) is 1. The van der Waals surface area contributed by atoms with Crippen molar-refractivity contribution in [1.29, 1.82) is 0 Å². The first kappa shape index (κ1) is 10.7. The molecule has 84 valence electrons. The number of nitrogens with one attached hydrogen (secondary N) is 1. The van der Waals surface area contributed by atoms with Gasteiger partial charge in [-0.25, -0.2) is 4.79 Å². The van der Waals surface area contributed by atoms with Crippen LogP contribution in [0.3, 0.4) is 0 Å². The van der Waals surface area contributed by atoms with Crippen molar-refractivity contribution in [3.63, 3.8) is 0 Å². The van der Waals surface area contributed by atoms with Gasteiger partial charge in [0.25, 0.3) is 5.56 Å². The number of hydrogen-bond acceptors (Lipinski definition) is 4. The maximum Gasteiger partial charge on any atom is 0.328 e. The van der Waals surface area contributed by atoms with Crippen LogP contribution < -0.4 is 17.0 Å². The highest BCUT2D eigenvalue weighted by Crippen LogP contribution is 2.09. The second-order valence-corrected chi connectivity index (χ2v) is 4.40. The number of aryl methyl sites for hydroxylation is 2. The number of rotatable bonds is 3. The molecule has 0 atom stereocenters. The van der Waals surface area contributed by atoms with Crippen LogP contribution in [0.2, 0.25) is 0 Å². The van der Waals surface area contributed by atoms with Gasteiger partial charge in [0.05, 0.1) is 0 Å². The lowest BCUT2D eigenvalue weighted by Gasteiger charge is -2.04. The van der Waals surface area contributed by atoms with E-state index in [1.54, 1.807) is 11.3 Å². The standard InChI is InChI=1S/C10H11N3O2S/c11-8-6-13(10(15)12-9(8)14)4-3-7-2-1-5-16-7/h1-2,5-6H,3-4,11H2,(H,12,14,15). The monoisotopic (exact) mass is 237 g/mol. The second-order valence-electron chi connectivity index (χ2n) is 3.37. The minimum absolute atomic E-state index is 0.0609. The summed E-state index contributed by atoms with van der Waals surface area (Å²) in [4.78, 5) is 25.8. The quantitative estimate of drug-likeness (QED) is 0.812. The Kier molecular flexibility index (Phi) is 2.91. The molecular weight excluding hydrogens is 226 g/mol. The lowest BCUT2D eigenvalue weighted by molar-refractivity contribution is 0.651. The van der Waals surface area contributed by atoms with Crippen molar-refractivity contribution in [2.45, 2.75) is 13.0 Å². The first-order valence-corrected chi connectivity index (χ1v) is 5.66. The molecule has 2 heterocycles. The third-order valence-electron chi connectivity index (χ3n) is 2.22. The summed E-state index contributed by atoms with van der Waals surface area (Å²) in [7, 11) is 0. The summed E-state index contributed by atoms with van der Waals surface area (Å²) in [5.74, 6) is 0. The second kappa shape index (κ2) is 4.36. The van der Waals surface area contributed by atoms with Crippen LogP contribution in [0.1, 0.15) is 4.88 Å². The minimum atomic E-state index is -0.530. The Labute approximate surface area is 95.2 Å². The normalized spacial score (nSPS) is 10.5. The molecule has 0 aliphatic heterocycles. The molecule has 2 rings (SSSR count). The van der Waals surface area contributed by atoms with Crippen molar-refractivity contribution in [2.75, 3.05) is 5.73 Å². The smallest absolute Gasteiger partial charge is 0.328 e. The van der Waals surface area contributed by atoms with Crippen molar-refractivity contribution in [1.82, 2.24) is 9.55 Å². The zero-order valence-electron chi connectivity index (χ0n) is 8.47. The van der Waals surface area contributed by atoms with Gasteiger partial charge in [-0.3, -0.25) is 14.3 Å². The van der Waals surface area contributed by atoms with Crippen LogP contribution in [0.15, 0.2) is 33.3 Å². The van der Waals surface area contributed by atoms with E-state index in [4.69, 9.17) is 5.73 Å². The van der Waals surface area contributed by atoms with Crippen molar-refractivity contribution in [3.05, 3.63) is 49.4 Å². The topological polar surface area (TPSA) is 80.9 Å². The fourth-order valence-electron chi connectivity index (χ4n) is 1.38. The van der Waals surface area contributed by atoms with Gasteiger partial charge in [0.1, 0.15) is 5.69 Å². The summed E-state index contributed by atoms with van der Waals surface area (Å²) in [5, 5.41) is 1.99. The molecule has 0 unspecified atom stereocenters. The number of aromatic amines is 1. The summed E-state index contributed by atoms with van der Waals surface area (Å²) >= 11 is 1.64. The predicted molar refractivity (Wildman–Crippen MR) is 63.8 cm³/mol. The molecule has 0 amide bonds. The highest BCUT2D eigenvalue weighted by molar-refractivity contribution is 7.09. The van der Waals surface area contributed by atoms with Crippen molar-refractivity contribution in [2.24, 2.45) is 0 Å². The largest absolute Gasteiger partial charge is 0.393 e. The van der Waals surface area contributed by atoms with Gasteiger partial charge < -0.3 is 5.73 Å². The number of hydrogen-bond donors (Lipinski definition) is 2. The highest BCUT2D eigenvalue weighted by Gasteiger charge is 2.01. The first-order valence-electron chi connectivity index (χ1n) is 4.78. The summed E-state index contributed by atoms with van der Waals surface area (Å²) in [6.07, 6.45) is 2.14. The molecule has 0 aliphatic rings. The van der Waals surface area contributed by atoms with E-state index < -0.39 is 11.2 Å². The fourth-order valence-corrected chi connectivity index (χ4v) is 2.08. The molecular formula is C10H11N3O2S. The van der Waals surface area contributed by atoms with E-state index in [1.165, 1.54) is 15.6 Å². The third-order valence-corrected chi connectivity index (χ3v) is 3.15. The Hall–Kier alpha value is -1.82. The van der Waals surface area contributed by atoms with Crippen LogP contribution in [-0.4, -0.2) is 9.55 Å². The van der Waals surface area contributed by atoms with Crippen LogP contribution in [0.5, 0.6) is 0 Å². The highest BCUT2D eigenvalue weighted by atomic mass is 32.1. The number of nitrogen functional groups attached to an aromatic ring is 1. The van der Waals surface area contributed by atoms with Gasteiger partial charge >= 0.3 is 5.69 Å². The number of anilines is 1. The van der Waals surface area contributed by atoms with Crippen LogP contribution >= 0.6 is 11.3 Å². The summed E-state index contributed by atoms with van der Waals surface area (Å²) < 4.78 is 1.41. The summed E-state index contributed by atoms with van der Waals surface area (Å²) in [5.41, 5.74) is 4.55. The Morgan fingerprint density at radius 1 is 1.44 bits per heavy atom. The molecule has 5 nitrogen and oxygen atoms in total. The molecule has 0 radical (unpaired) electrons. The average Bonchev–Trinajstić information content (AvgIpc) is 2.74. The molecule has 2 aromatic rings. The predicted octanol–water partition coefficient (Wildman–Crippen LogP) is 0.423. The van der Waals surface area contributed by atoms with Gasteiger partial charge in [-0.05, 0) is 17.9 Å². The molecule has 6 heteroatoms. The molecule has 0 aliphatic carbocycles. The molecule has 0 saturated carbocycles. The Morgan fingerprint density at radius 3 is 2.94 bits per heavy atom. The minimum Gasteiger partial charge on any atom is -0.393 e. The molecule has 16 heavy (non-hydrogen) atoms. The van der Waals surface area contributed by atoms with Crippen LogP contribution in [-0.2, 0) is 13.0 Å². The molecule has 0 spiro atoms. The number of H-pyrrole nitrogens is 1. The van der Waals surface area contributed by atoms with Gasteiger partial charge in [0.15, 0.2) is 0 Å². The van der Waals surface area contributed by atoms with E-state index in [-0.39, 0.29) is 5.69 Å². The van der Waals surface area contributed by atoms with E-state index in [9.17, 15) is 9.59 Å². The fraction of sp³-hybridized carbons (Fsp3) is 0.200. The zero-order valence-corrected chi connectivity index (χ0v) is 9.29.